The van der Waals surface area contributed by atoms with Crippen molar-refractivity contribution in [3.05, 3.63) is 23.7 Å². The second kappa shape index (κ2) is 5.74. The van der Waals surface area contributed by atoms with Crippen LogP contribution in [0.1, 0.15) is 44.1 Å². The average molecular weight is 312 g/mol. The van der Waals surface area contributed by atoms with Gasteiger partial charge in [0.2, 0.25) is 10.0 Å². The van der Waals surface area contributed by atoms with Crippen molar-refractivity contribution in [1.29, 1.82) is 0 Å². The van der Waals surface area contributed by atoms with Gasteiger partial charge in [-0.15, -0.1) is 0 Å². The lowest BCUT2D eigenvalue weighted by atomic mass is 10.3. The third kappa shape index (κ3) is 3.33. The predicted molar refractivity (Wildman–Crippen MR) is 81.5 cm³/mol. The Morgan fingerprint density at radius 3 is 2.86 bits per heavy atom. The summed E-state index contributed by atoms with van der Waals surface area (Å²) in [5.41, 5.74) is 0. The number of hydrogen-bond acceptors (Lipinski definition) is 4. The third-order valence-corrected chi connectivity index (χ3v) is 6.50. The topological polar surface area (TPSA) is 62.6 Å². The molecule has 1 saturated carbocycles. The highest BCUT2D eigenvalue weighted by Gasteiger charge is 2.37. The Labute approximate surface area is 126 Å². The molecule has 0 amide bonds. The van der Waals surface area contributed by atoms with Crippen LogP contribution < -0.4 is 4.72 Å². The minimum atomic E-state index is -3.16. The van der Waals surface area contributed by atoms with Gasteiger partial charge in [0.15, 0.2) is 0 Å². The highest BCUT2D eigenvalue weighted by molar-refractivity contribution is 7.90. The van der Waals surface area contributed by atoms with Gasteiger partial charge in [0.1, 0.15) is 11.5 Å². The average Bonchev–Trinajstić information content (AvgIpc) is 2.84. The van der Waals surface area contributed by atoms with Gasteiger partial charge in [-0.1, -0.05) is 13.8 Å². The molecule has 118 valence electrons. The van der Waals surface area contributed by atoms with Crippen molar-refractivity contribution in [1.82, 2.24) is 9.62 Å². The summed E-state index contributed by atoms with van der Waals surface area (Å²) >= 11 is 0. The maximum Gasteiger partial charge on any atom is 0.215 e. The molecule has 6 heteroatoms. The first-order valence-corrected chi connectivity index (χ1v) is 9.33. The number of sulfonamides is 1. The summed E-state index contributed by atoms with van der Waals surface area (Å²) in [6.45, 7) is 6.62. The van der Waals surface area contributed by atoms with Gasteiger partial charge in [0.05, 0.1) is 11.8 Å². The molecule has 1 aliphatic heterocycles. The van der Waals surface area contributed by atoms with Crippen LogP contribution in [-0.2, 0) is 16.6 Å². The number of furan rings is 1. The maximum atomic E-state index is 12.0. The van der Waals surface area contributed by atoms with Crippen molar-refractivity contribution in [2.75, 3.05) is 19.6 Å². The zero-order valence-electron chi connectivity index (χ0n) is 12.7. The predicted octanol–water partition coefficient (Wildman–Crippen LogP) is 1.92. The molecule has 2 fully saturated rings. The van der Waals surface area contributed by atoms with E-state index in [-0.39, 0.29) is 5.25 Å². The van der Waals surface area contributed by atoms with Crippen molar-refractivity contribution in [2.45, 2.75) is 44.4 Å². The van der Waals surface area contributed by atoms with E-state index in [1.54, 1.807) is 0 Å². The fourth-order valence-electron chi connectivity index (χ4n) is 3.13. The van der Waals surface area contributed by atoms with Crippen LogP contribution in [0, 0.1) is 5.92 Å². The summed E-state index contributed by atoms with van der Waals surface area (Å²) in [4.78, 5) is 2.17. The molecule has 0 radical (unpaired) electrons. The minimum absolute atomic E-state index is 0.296. The van der Waals surface area contributed by atoms with Crippen LogP contribution in [0.2, 0.25) is 0 Å². The molecule has 5 nitrogen and oxygen atoms in total. The van der Waals surface area contributed by atoms with Gasteiger partial charge in [-0.3, -0.25) is 4.90 Å². The Kier molecular flexibility index (Phi) is 4.12. The van der Waals surface area contributed by atoms with E-state index < -0.39 is 10.0 Å². The van der Waals surface area contributed by atoms with E-state index in [1.807, 2.05) is 13.0 Å². The summed E-state index contributed by atoms with van der Waals surface area (Å²) in [7, 11) is -3.16. The first-order chi connectivity index (χ1) is 9.99. The lowest BCUT2D eigenvalue weighted by Gasteiger charge is -2.15. The summed E-state index contributed by atoms with van der Waals surface area (Å²) in [5.74, 6) is 3.38. The standard InChI is InChI=1S/C15H24N2O3S/c1-3-16-21(18,19)13-6-7-17(10-13)9-12-4-5-15(20-12)14-8-11(14)2/h4-5,11,13-14,16H,3,6-10H2,1-2H3/t11-,13-,14-/m1/s1. The van der Waals surface area contributed by atoms with Crippen LogP contribution >= 0.6 is 0 Å². The first kappa shape index (κ1) is 15.1. The van der Waals surface area contributed by atoms with Gasteiger partial charge >= 0.3 is 0 Å². The Bertz CT molecular complexity index is 596. The molecule has 21 heavy (non-hydrogen) atoms. The fraction of sp³-hybridized carbons (Fsp3) is 0.733. The second-order valence-corrected chi connectivity index (χ2v) is 8.36. The van der Waals surface area contributed by atoms with Crippen molar-refractivity contribution < 1.29 is 12.8 Å². The first-order valence-electron chi connectivity index (χ1n) is 7.79. The highest BCUT2D eigenvalue weighted by Crippen LogP contribution is 2.47. The lowest BCUT2D eigenvalue weighted by molar-refractivity contribution is 0.292. The molecular weight excluding hydrogens is 288 g/mol. The van der Waals surface area contributed by atoms with Gasteiger partial charge in [0.25, 0.3) is 0 Å². The molecule has 2 heterocycles. The quantitative estimate of drug-likeness (QED) is 0.871. The Hall–Kier alpha value is -0.850. The molecule has 1 aliphatic carbocycles. The summed E-state index contributed by atoms with van der Waals surface area (Å²) in [6.07, 6.45) is 1.92. The fourth-order valence-corrected chi connectivity index (χ4v) is 4.59. The summed E-state index contributed by atoms with van der Waals surface area (Å²) < 4.78 is 32.5. The van der Waals surface area contributed by atoms with Crippen LogP contribution in [0.5, 0.6) is 0 Å². The molecule has 0 aromatic carbocycles. The molecule has 1 N–H and O–H groups in total. The Morgan fingerprint density at radius 1 is 1.43 bits per heavy atom. The van der Waals surface area contributed by atoms with E-state index >= 15 is 0 Å². The zero-order valence-corrected chi connectivity index (χ0v) is 13.5. The molecule has 0 spiro atoms. The van der Waals surface area contributed by atoms with Crippen LogP contribution in [0.25, 0.3) is 0 Å². The second-order valence-electron chi connectivity index (χ2n) is 6.31. The molecule has 1 saturated heterocycles. The van der Waals surface area contributed by atoms with Crippen molar-refractivity contribution in [3.63, 3.8) is 0 Å². The van der Waals surface area contributed by atoms with Gasteiger partial charge in [-0.25, -0.2) is 13.1 Å². The Balaban J connectivity index is 1.56. The molecule has 0 bridgehead atoms. The molecule has 1 aromatic rings. The molecule has 2 aliphatic rings. The van der Waals surface area contributed by atoms with Gasteiger partial charge in [-0.2, -0.15) is 0 Å². The molecule has 1 aromatic heterocycles. The van der Waals surface area contributed by atoms with Crippen LogP contribution in [0.15, 0.2) is 16.5 Å². The number of likely N-dealkylation sites (tertiary alicyclic amines) is 1. The van der Waals surface area contributed by atoms with Crippen molar-refractivity contribution in [3.8, 4) is 0 Å². The van der Waals surface area contributed by atoms with Crippen molar-refractivity contribution >= 4 is 10.0 Å². The van der Waals surface area contributed by atoms with E-state index in [2.05, 4.69) is 22.6 Å². The van der Waals surface area contributed by atoms with E-state index in [9.17, 15) is 8.42 Å². The van der Waals surface area contributed by atoms with Gasteiger partial charge < -0.3 is 4.42 Å². The third-order valence-electron chi connectivity index (χ3n) is 4.55. The molecule has 3 rings (SSSR count). The van der Waals surface area contributed by atoms with E-state index in [1.165, 1.54) is 6.42 Å². The largest absolute Gasteiger partial charge is 0.464 e. The normalized spacial score (nSPS) is 29.9. The smallest absolute Gasteiger partial charge is 0.215 e. The van der Waals surface area contributed by atoms with Gasteiger partial charge in [0, 0.05) is 25.6 Å². The lowest BCUT2D eigenvalue weighted by Crippen LogP contribution is -2.36. The maximum absolute atomic E-state index is 12.0. The highest BCUT2D eigenvalue weighted by atomic mass is 32.2. The van der Waals surface area contributed by atoms with Gasteiger partial charge in [-0.05, 0) is 30.9 Å². The van der Waals surface area contributed by atoms with E-state index in [0.29, 0.717) is 32.0 Å². The Morgan fingerprint density at radius 2 is 2.19 bits per heavy atom. The monoisotopic (exact) mass is 312 g/mol. The van der Waals surface area contributed by atoms with E-state index in [4.69, 9.17) is 4.42 Å². The van der Waals surface area contributed by atoms with E-state index in [0.717, 1.165) is 24.0 Å². The summed E-state index contributed by atoms with van der Waals surface area (Å²) in [6, 6.07) is 4.11. The summed E-state index contributed by atoms with van der Waals surface area (Å²) in [5, 5.41) is -0.296. The van der Waals surface area contributed by atoms with Crippen molar-refractivity contribution in [2.24, 2.45) is 5.92 Å². The number of rotatable bonds is 6. The number of nitrogens with one attached hydrogen (secondary N) is 1. The number of hydrogen-bond donors (Lipinski definition) is 1. The zero-order chi connectivity index (χ0) is 15.0. The molecule has 3 atom stereocenters. The molecular formula is C15H24N2O3S. The molecule has 0 unspecified atom stereocenters. The van der Waals surface area contributed by atoms with Crippen LogP contribution in [0.3, 0.4) is 0 Å². The van der Waals surface area contributed by atoms with Crippen LogP contribution in [-0.4, -0.2) is 38.2 Å². The van der Waals surface area contributed by atoms with Crippen LogP contribution in [0.4, 0.5) is 0 Å². The minimum Gasteiger partial charge on any atom is -0.464 e. The SMILES string of the molecule is CCNS(=O)(=O)[C@@H]1CCN(Cc2ccc([C@@H]3C[C@H]3C)o2)C1. The number of nitrogens with zero attached hydrogens (tertiary/aromatic N) is 1.